The van der Waals surface area contributed by atoms with E-state index < -0.39 is 47.6 Å². The third-order valence-electron chi connectivity index (χ3n) is 17.8. The maximum absolute atomic E-state index is 15.2. The molecule has 0 aliphatic rings. The molecule has 0 aliphatic heterocycles. The fourth-order valence-electron chi connectivity index (χ4n) is 11.8. The van der Waals surface area contributed by atoms with E-state index in [1.165, 1.54) is 247 Å². The number of esters is 5. The predicted molar refractivity (Wildman–Crippen MR) is 401 cm³/mol. The van der Waals surface area contributed by atoms with E-state index in [1.54, 1.807) is 48.6 Å². The van der Waals surface area contributed by atoms with Crippen LogP contribution < -0.4 is 37.9 Å². The van der Waals surface area contributed by atoms with Gasteiger partial charge in [-0.15, -0.1) is 0 Å². The van der Waals surface area contributed by atoms with Crippen molar-refractivity contribution in [3.63, 3.8) is 0 Å². The molecular weight excluding hydrogens is 1290 g/mol. The van der Waals surface area contributed by atoms with E-state index >= 15 is 8.78 Å². The van der Waals surface area contributed by atoms with E-state index in [0.29, 0.717) is 18.6 Å². The molecule has 15 heteroatoms. The number of benzene rings is 7. The van der Waals surface area contributed by atoms with Crippen LogP contribution in [0.2, 0.25) is 0 Å². The lowest BCUT2D eigenvalue weighted by atomic mass is 10.0. The summed E-state index contributed by atoms with van der Waals surface area (Å²) in [4.78, 5) is 64.7. The number of carbonyl (C=O) groups is 5. The Balaban J connectivity index is 0.743. The largest absolute Gasteiger partial charge is 0.494 e. The lowest BCUT2D eigenvalue weighted by molar-refractivity contribution is -0.141. The third kappa shape index (κ3) is 31.4. The zero-order valence-electron chi connectivity index (χ0n) is 60.3. The summed E-state index contributed by atoms with van der Waals surface area (Å²) in [6, 6.07) is 36.9. The van der Waals surface area contributed by atoms with Crippen LogP contribution in [0.15, 0.2) is 158 Å². The molecule has 0 N–H and O–H groups in total. The normalized spacial score (nSPS) is 11.6. The summed E-state index contributed by atoms with van der Waals surface area (Å²) < 4.78 is 75.1. The molecular formula is C87H106F2O13. The fraction of sp³-hybridized carbons (Fsp3) is 0.437. The van der Waals surface area contributed by atoms with Crippen molar-refractivity contribution < 1.29 is 70.6 Å². The average molecular weight is 1400 g/mol. The Bertz CT molecular complexity index is 3690. The highest BCUT2D eigenvalue weighted by atomic mass is 19.1. The first-order chi connectivity index (χ1) is 49.8. The number of unbranched alkanes of at least 4 members (excludes halogenated alkanes) is 30. The van der Waals surface area contributed by atoms with Gasteiger partial charge in [0.15, 0.2) is 29.2 Å². The Labute approximate surface area is 603 Å². The van der Waals surface area contributed by atoms with Crippen LogP contribution in [0, 0.1) is 11.6 Å². The summed E-state index contributed by atoms with van der Waals surface area (Å²) >= 11 is 0. The lowest BCUT2D eigenvalue weighted by Crippen LogP contribution is -2.28. The molecule has 0 amide bonds. The van der Waals surface area contributed by atoms with Crippen molar-refractivity contribution in [3.05, 3.63) is 192 Å². The monoisotopic (exact) mass is 1400 g/mol. The van der Waals surface area contributed by atoms with Crippen molar-refractivity contribution in [2.45, 2.75) is 232 Å². The van der Waals surface area contributed by atoms with E-state index in [1.807, 2.05) is 48.5 Å². The number of fused-ring (bicyclic) bond motifs is 1. The molecule has 102 heavy (non-hydrogen) atoms. The molecule has 7 rings (SSSR count). The zero-order valence-corrected chi connectivity index (χ0v) is 60.3. The Morgan fingerprint density at radius 2 is 0.657 bits per heavy atom. The maximum Gasteiger partial charge on any atom is 0.352 e. The molecule has 0 aromatic heterocycles. The summed E-state index contributed by atoms with van der Waals surface area (Å²) in [5.41, 5.74) is 1.19. The van der Waals surface area contributed by atoms with Crippen molar-refractivity contribution in [2.24, 2.45) is 0 Å². The quantitative estimate of drug-likeness (QED) is 0.0154. The van der Waals surface area contributed by atoms with Crippen LogP contribution in [0.5, 0.6) is 46.0 Å². The summed E-state index contributed by atoms with van der Waals surface area (Å²) in [7, 11) is 0. The van der Waals surface area contributed by atoms with Crippen LogP contribution in [0.1, 0.15) is 258 Å². The second kappa shape index (κ2) is 47.1. The molecule has 0 saturated carbocycles. The second-order valence-corrected chi connectivity index (χ2v) is 26.3. The average Bonchev–Trinajstić information content (AvgIpc) is 0.829. The van der Waals surface area contributed by atoms with E-state index in [9.17, 15) is 24.0 Å². The van der Waals surface area contributed by atoms with Gasteiger partial charge in [0, 0.05) is 12.2 Å². The molecule has 0 fully saturated rings. The molecule has 13 nitrogen and oxygen atoms in total. The van der Waals surface area contributed by atoms with Gasteiger partial charge in [-0.2, -0.15) is 0 Å². The highest BCUT2D eigenvalue weighted by Crippen LogP contribution is 2.29. The van der Waals surface area contributed by atoms with E-state index in [0.717, 1.165) is 65.8 Å². The fourth-order valence-corrected chi connectivity index (χ4v) is 11.8. The minimum absolute atomic E-state index is 0.103. The van der Waals surface area contributed by atoms with Gasteiger partial charge in [-0.3, -0.25) is 0 Å². The number of hydrogen-bond acceptors (Lipinski definition) is 13. The predicted octanol–water partition coefficient (Wildman–Crippen LogP) is 23.4. The first kappa shape index (κ1) is 80.2. The van der Waals surface area contributed by atoms with Crippen molar-refractivity contribution in [3.8, 4) is 46.0 Å². The number of ether oxygens (including phenoxy) is 8. The Morgan fingerprint density at radius 3 is 1.03 bits per heavy atom. The molecule has 1 atom stereocenters. The van der Waals surface area contributed by atoms with E-state index in [2.05, 4.69) is 13.8 Å². The molecule has 1 unspecified atom stereocenters. The lowest BCUT2D eigenvalue weighted by Gasteiger charge is -2.14. The minimum atomic E-state index is -1.10. The van der Waals surface area contributed by atoms with Crippen molar-refractivity contribution >= 4 is 52.8 Å². The third-order valence-corrected chi connectivity index (χ3v) is 17.8. The molecule has 546 valence electrons. The molecule has 7 aromatic carbocycles. The van der Waals surface area contributed by atoms with Crippen LogP contribution in [0.4, 0.5) is 8.78 Å². The zero-order chi connectivity index (χ0) is 72.2. The number of hydrogen-bond donors (Lipinski definition) is 0. The summed E-state index contributed by atoms with van der Waals surface area (Å²) in [5.74, 6) is -4.58. The van der Waals surface area contributed by atoms with Gasteiger partial charge in [0.1, 0.15) is 34.5 Å². The van der Waals surface area contributed by atoms with Crippen molar-refractivity contribution in [1.82, 2.24) is 0 Å². The number of carbonyl (C=O) groups excluding carboxylic acids is 5. The summed E-state index contributed by atoms with van der Waals surface area (Å²) in [6.45, 7) is 7.31. The SMILES string of the molecule is CCCCCCCCCCCCCCCCCCOc1ccc(/C=C/C(=O)Oc2ccc(C(=O)Oc3ccc(OC(C)C(=O)Oc4ccc5ccc(OC(=O)c6ccc(OC(=O)/C=C/c7ccc(OCCCCCCCCCCCCCCCCCC)cc7)c(F)c6)cc5c4)cc3)cc2F)cc1. The van der Waals surface area contributed by atoms with Gasteiger partial charge < -0.3 is 37.9 Å². The van der Waals surface area contributed by atoms with Gasteiger partial charge in [-0.05, 0) is 163 Å². The highest BCUT2D eigenvalue weighted by Gasteiger charge is 2.20. The van der Waals surface area contributed by atoms with Crippen LogP contribution in [-0.2, 0) is 14.4 Å². The van der Waals surface area contributed by atoms with E-state index in [4.69, 9.17) is 37.9 Å². The van der Waals surface area contributed by atoms with Crippen LogP contribution in [0.3, 0.4) is 0 Å². The highest BCUT2D eigenvalue weighted by molar-refractivity contribution is 5.94. The Morgan fingerprint density at radius 1 is 0.333 bits per heavy atom. The number of rotatable bonds is 50. The minimum Gasteiger partial charge on any atom is -0.494 e. The van der Waals surface area contributed by atoms with Gasteiger partial charge in [0.05, 0.1) is 24.3 Å². The van der Waals surface area contributed by atoms with Crippen LogP contribution in [-0.4, -0.2) is 49.2 Å². The molecule has 0 saturated heterocycles. The molecule has 0 heterocycles. The summed E-state index contributed by atoms with van der Waals surface area (Å²) in [5, 5.41) is 1.29. The molecule has 0 bridgehead atoms. The standard InChI is InChI=1S/C87H106F2O13/c1-4-6-8-10-12-14-16-18-20-22-24-26-28-30-32-34-60-95-73-46-36-67(37-47-73)40-58-83(90)101-81-56-44-70(64-79(81)88)86(93)98-76-54-52-75(53-55-76)97-66(3)85(92)99-77-50-42-69-43-51-78(63-72(69)62-77)100-87(94)71-45-57-82(80(89)65-71)102-84(91)59-41-68-38-48-74(49-39-68)96-61-35-33-31-29-27-25-23-21-19-17-15-13-11-9-7-5-2/h36-59,62-66H,4-35,60-61H2,1-3H3/b58-40+,59-41+. The van der Waals surface area contributed by atoms with E-state index in [-0.39, 0.29) is 45.6 Å². The maximum atomic E-state index is 15.2. The smallest absolute Gasteiger partial charge is 0.352 e. The molecule has 7 aromatic rings. The van der Waals surface area contributed by atoms with Crippen molar-refractivity contribution in [1.29, 1.82) is 0 Å². The summed E-state index contributed by atoms with van der Waals surface area (Å²) in [6.07, 6.45) is 46.5. The Kier molecular flexibility index (Phi) is 37.1. The van der Waals surface area contributed by atoms with Gasteiger partial charge in [-0.25, -0.2) is 32.8 Å². The van der Waals surface area contributed by atoms with Gasteiger partial charge in [0.2, 0.25) is 0 Å². The van der Waals surface area contributed by atoms with Crippen molar-refractivity contribution in [2.75, 3.05) is 13.2 Å². The second-order valence-electron chi connectivity index (χ2n) is 26.3. The molecule has 0 spiro atoms. The first-order valence-electron chi connectivity index (χ1n) is 37.6. The topological polar surface area (TPSA) is 159 Å². The van der Waals surface area contributed by atoms with Gasteiger partial charge in [-0.1, -0.05) is 243 Å². The molecule has 0 radical (unpaired) electrons. The molecule has 0 aliphatic carbocycles. The first-order valence-corrected chi connectivity index (χ1v) is 37.6. The number of halogens is 2. The van der Waals surface area contributed by atoms with Gasteiger partial charge >= 0.3 is 29.8 Å². The van der Waals surface area contributed by atoms with Crippen LogP contribution in [0.25, 0.3) is 22.9 Å². The Hall–Kier alpha value is -9.11. The van der Waals surface area contributed by atoms with Crippen LogP contribution >= 0.6 is 0 Å². The van der Waals surface area contributed by atoms with Gasteiger partial charge in [0.25, 0.3) is 0 Å².